The van der Waals surface area contributed by atoms with Gasteiger partial charge in [0.2, 0.25) is 11.8 Å². The molecule has 0 aliphatic carbocycles. The Morgan fingerprint density at radius 3 is 2.52 bits per heavy atom. The maximum absolute atomic E-state index is 12.6. The van der Waals surface area contributed by atoms with Gasteiger partial charge in [0.05, 0.1) is 24.6 Å². The largest absolute Gasteiger partial charge is 0.338 e. The van der Waals surface area contributed by atoms with E-state index in [0.29, 0.717) is 13.0 Å². The summed E-state index contributed by atoms with van der Waals surface area (Å²) in [5, 5.41) is 2.88. The van der Waals surface area contributed by atoms with Crippen LogP contribution in [0.25, 0.3) is 0 Å². The molecule has 0 radical (unpaired) electrons. The van der Waals surface area contributed by atoms with Crippen LogP contribution in [0, 0.1) is 13.8 Å². The van der Waals surface area contributed by atoms with Crippen molar-refractivity contribution in [2.24, 2.45) is 0 Å². The van der Waals surface area contributed by atoms with Crippen molar-refractivity contribution in [3.05, 3.63) is 29.3 Å². The Kier molecular flexibility index (Phi) is 7.00. The van der Waals surface area contributed by atoms with E-state index in [1.54, 1.807) is 16.8 Å². The van der Waals surface area contributed by atoms with E-state index < -0.39 is 9.84 Å². The Hall–Kier alpha value is -1.93. The SMILES string of the molecule is CCN(C(=O)CN(C)CC(=O)Nc1cccc(C)c1C)[C@@H]1CCS(=O)(=O)C1. The van der Waals surface area contributed by atoms with Crippen LogP contribution in [0.5, 0.6) is 0 Å². The Labute approximate surface area is 161 Å². The Bertz CT molecular complexity index is 807. The van der Waals surface area contributed by atoms with Gasteiger partial charge in [0.25, 0.3) is 0 Å². The summed E-state index contributed by atoms with van der Waals surface area (Å²) in [5.74, 6) is -0.175. The lowest BCUT2D eigenvalue weighted by atomic mass is 10.1. The molecule has 2 amide bonds. The number of carbonyl (C=O) groups is 2. The third-order valence-electron chi connectivity index (χ3n) is 5.01. The number of carbonyl (C=O) groups excluding carboxylic acids is 2. The minimum Gasteiger partial charge on any atom is -0.338 e. The van der Waals surface area contributed by atoms with Crippen LogP contribution in [0.4, 0.5) is 5.69 Å². The predicted octanol–water partition coefficient (Wildman–Crippen LogP) is 1.21. The van der Waals surface area contributed by atoms with Crippen molar-refractivity contribution in [3.8, 4) is 0 Å². The van der Waals surface area contributed by atoms with E-state index in [-0.39, 0.29) is 42.5 Å². The van der Waals surface area contributed by atoms with Crippen molar-refractivity contribution in [1.29, 1.82) is 0 Å². The number of rotatable bonds is 7. The van der Waals surface area contributed by atoms with Crippen LogP contribution < -0.4 is 5.32 Å². The number of benzene rings is 1. The van der Waals surface area contributed by atoms with E-state index in [0.717, 1.165) is 16.8 Å². The number of nitrogens with one attached hydrogen (secondary N) is 1. The van der Waals surface area contributed by atoms with Gasteiger partial charge in [0.15, 0.2) is 9.84 Å². The normalized spacial score (nSPS) is 18.5. The first-order valence-electron chi connectivity index (χ1n) is 9.17. The second-order valence-corrected chi connectivity index (χ2v) is 9.43. The van der Waals surface area contributed by atoms with Crippen molar-refractivity contribution < 1.29 is 18.0 Å². The highest BCUT2D eigenvalue weighted by atomic mass is 32.2. The second kappa shape index (κ2) is 8.84. The van der Waals surface area contributed by atoms with E-state index in [1.807, 2.05) is 39.0 Å². The summed E-state index contributed by atoms with van der Waals surface area (Å²) in [5.41, 5.74) is 2.89. The fraction of sp³-hybridized carbons (Fsp3) is 0.579. The monoisotopic (exact) mass is 395 g/mol. The minimum atomic E-state index is -3.05. The molecule has 1 N–H and O–H groups in total. The highest BCUT2D eigenvalue weighted by molar-refractivity contribution is 7.91. The molecule has 0 saturated carbocycles. The summed E-state index contributed by atoms with van der Waals surface area (Å²) in [6, 6.07) is 5.47. The van der Waals surface area contributed by atoms with Gasteiger partial charge >= 0.3 is 0 Å². The predicted molar refractivity (Wildman–Crippen MR) is 106 cm³/mol. The summed E-state index contributed by atoms with van der Waals surface area (Å²) in [7, 11) is -1.34. The fourth-order valence-electron chi connectivity index (χ4n) is 3.36. The fourth-order valence-corrected chi connectivity index (χ4v) is 5.09. The number of sulfone groups is 1. The minimum absolute atomic E-state index is 0.0312. The molecule has 1 saturated heterocycles. The van der Waals surface area contributed by atoms with E-state index in [1.165, 1.54) is 0 Å². The molecule has 7 nitrogen and oxygen atoms in total. The van der Waals surface area contributed by atoms with Gasteiger partial charge in [-0.2, -0.15) is 0 Å². The first-order chi connectivity index (χ1) is 12.6. The third kappa shape index (κ3) is 5.77. The molecule has 0 aromatic heterocycles. The van der Waals surface area contributed by atoms with Gasteiger partial charge in [-0.15, -0.1) is 0 Å². The number of nitrogens with zero attached hydrogens (tertiary/aromatic N) is 2. The summed E-state index contributed by atoms with van der Waals surface area (Å²) < 4.78 is 23.4. The lowest BCUT2D eigenvalue weighted by molar-refractivity contribution is -0.134. The molecule has 8 heteroatoms. The van der Waals surface area contributed by atoms with E-state index in [4.69, 9.17) is 0 Å². The summed E-state index contributed by atoms with van der Waals surface area (Å²) in [6.07, 6.45) is 0.485. The van der Waals surface area contributed by atoms with Crippen LogP contribution in [0.15, 0.2) is 18.2 Å². The summed E-state index contributed by atoms with van der Waals surface area (Å²) in [4.78, 5) is 28.1. The third-order valence-corrected chi connectivity index (χ3v) is 6.76. The van der Waals surface area contributed by atoms with Gasteiger partial charge in [-0.25, -0.2) is 8.42 Å². The number of hydrogen-bond acceptors (Lipinski definition) is 5. The Morgan fingerprint density at radius 2 is 1.93 bits per heavy atom. The zero-order chi connectivity index (χ0) is 20.2. The van der Waals surface area contributed by atoms with Crippen molar-refractivity contribution in [1.82, 2.24) is 9.80 Å². The summed E-state index contributed by atoms with van der Waals surface area (Å²) in [6.45, 7) is 6.40. The molecule has 150 valence electrons. The Morgan fingerprint density at radius 1 is 1.22 bits per heavy atom. The Balaban J connectivity index is 1.90. The average molecular weight is 396 g/mol. The standard InChI is InChI=1S/C19H29N3O4S/c1-5-22(16-9-10-27(25,26)13-16)19(24)12-21(4)11-18(23)20-17-8-6-7-14(2)15(17)3/h6-8,16H,5,9-13H2,1-4H3,(H,20,23)/t16-/m1/s1. The molecule has 1 fully saturated rings. The van der Waals surface area contributed by atoms with Gasteiger partial charge < -0.3 is 10.2 Å². The molecular weight excluding hydrogens is 366 g/mol. The number of aryl methyl sites for hydroxylation is 1. The molecule has 0 unspecified atom stereocenters. The van der Waals surface area contributed by atoms with Gasteiger partial charge in [0.1, 0.15) is 0 Å². The molecule has 1 atom stereocenters. The molecule has 27 heavy (non-hydrogen) atoms. The van der Waals surface area contributed by atoms with Gasteiger partial charge in [0, 0.05) is 18.3 Å². The average Bonchev–Trinajstić information content (AvgIpc) is 2.92. The molecule has 1 aromatic rings. The zero-order valence-electron chi connectivity index (χ0n) is 16.5. The van der Waals surface area contributed by atoms with E-state index in [9.17, 15) is 18.0 Å². The topological polar surface area (TPSA) is 86.8 Å². The number of likely N-dealkylation sites (N-methyl/N-ethyl adjacent to an activating group) is 2. The highest BCUT2D eigenvalue weighted by Crippen LogP contribution is 2.19. The van der Waals surface area contributed by atoms with Gasteiger partial charge in [-0.1, -0.05) is 12.1 Å². The molecule has 0 bridgehead atoms. The van der Waals surface area contributed by atoms with E-state index >= 15 is 0 Å². The van der Waals surface area contributed by atoms with Crippen LogP contribution in [0.2, 0.25) is 0 Å². The first kappa shape index (κ1) is 21.4. The molecule has 1 aliphatic heterocycles. The summed E-state index contributed by atoms with van der Waals surface area (Å²) >= 11 is 0. The number of hydrogen-bond donors (Lipinski definition) is 1. The lowest BCUT2D eigenvalue weighted by Crippen LogP contribution is -2.46. The highest BCUT2D eigenvalue weighted by Gasteiger charge is 2.34. The first-order valence-corrected chi connectivity index (χ1v) is 11.0. The number of anilines is 1. The van der Waals surface area contributed by atoms with Crippen molar-refractivity contribution in [2.75, 3.05) is 43.5 Å². The molecule has 2 rings (SSSR count). The smallest absolute Gasteiger partial charge is 0.238 e. The zero-order valence-corrected chi connectivity index (χ0v) is 17.3. The molecule has 1 aliphatic rings. The molecule has 1 aromatic carbocycles. The van der Waals surface area contributed by atoms with Crippen LogP contribution in [-0.2, 0) is 19.4 Å². The van der Waals surface area contributed by atoms with Gasteiger partial charge in [-0.3, -0.25) is 14.5 Å². The lowest BCUT2D eigenvalue weighted by Gasteiger charge is -2.28. The van der Waals surface area contributed by atoms with Crippen LogP contribution in [0.1, 0.15) is 24.5 Å². The van der Waals surface area contributed by atoms with Crippen LogP contribution in [0.3, 0.4) is 0 Å². The second-order valence-electron chi connectivity index (χ2n) is 7.20. The maximum atomic E-state index is 12.6. The van der Waals surface area contributed by atoms with Gasteiger partial charge in [-0.05, 0) is 51.4 Å². The maximum Gasteiger partial charge on any atom is 0.238 e. The molecule has 1 heterocycles. The van der Waals surface area contributed by atoms with Crippen molar-refractivity contribution in [2.45, 2.75) is 33.2 Å². The van der Waals surface area contributed by atoms with Crippen molar-refractivity contribution in [3.63, 3.8) is 0 Å². The quantitative estimate of drug-likeness (QED) is 0.750. The van der Waals surface area contributed by atoms with Crippen molar-refractivity contribution >= 4 is 27.3 Å². The molecule has 0 spiro atoms. The van der Waals surface area contributed by atoms with Crippen LogP contribution in [-0.4, -0.2) is 74.3 Å². The number of amides is 2. The molecular formula is C19H29N3O4S. The van der Waals surface area contributed by atoms with E-state index in [2.05, 4.69) is 5.32 Å². The van der Waals surface area contributed by atoms with Crippen LogP contribution >= 0.6 is 0 Å².